The number of phosphoric acid groups is 1. The normalized spacial score (nSPS) is 14.7. The van der Waals surface area contributed by atoms with Crippen LogP contribution < -0.4 is 5.32 Å². The van der Waals surface area contributed by atoms with E-state index in [1.165, 1.54) is 44.9 Å². The fourth-order valence-corrected chi connectivity index (χ4v) is 7.45. The van der Waals surface area contributed by atoms with Crippen molar-refractivity contribution in [2.45, 2.75) is 206 Å². The van der Waals surface area contributed by atoms with Crippen molar-refractivity contribution in [3.05, 3.63) is 85.1 Å². The largest absolute Gasteiger partial charge is 0.472 e. The Labute approximate surface area is 393 Å². The zero-order chi connectivity index (χ0) is 47.3. The van der Waals surface area contributed by atoms with Gasteiger partial charge in [-0.05, 0) is 83.1 Å². The number of carbonyl (C=O) groups excluding carboxylic acids is 2. The fraction of sp³-hybridized carbons (Fsp3) is 0.704. The van der Waals surface area contributed by atoms with Crippen molar-refractivity contribution in [1.29, 1.82) is 0 Å². The molecule has 0 bridgehead atoms. The van der Waals surface area contributed by atoms with Gasteiger partial charge < -0.3 is 19.4 Å². The molecule has 0 aliphatic rings. The predicted molar refractivity (Wildman–Crippen MR) is 272 cm³/mol. The number of phosphoric ester groups is 1. The number of hydrogen-bond acceptors (Lipinski definition) is 6. The minimum Gasteiger partial charge on any atom is -0.456 e. The van der Waals surface area contributed by atoms with E-state index in [2.05, 4.69) is 92.9 Å². The van der Waals surface area contributed by atoms with E-state index in [-0.39, 0.29) is 31.5 Å². The van der Waals surface area contributed by atoms with Crippen LogP contribution in [0.4, 0.5) is 0 Å². The first-order chi connectivity index (χ1) is 30.9. The summed E-state index contributed by atoms with van der Waals surface area (Å²) in [6.07, 6.45) is 55.8. The Bertz CT molecular complexity index is 1380. The van der Waals surface area contributed by atoms with E-state index < -0.39 is 20.0 Å². The fourth-order valence-electron chi connectivity index (χ4n) is 6.72. The van der Waals surface area contributed by atoms with Gasteiger partial charge >= 0.3 is 13.8 Å². The second kappa shape index (κ2) is 44.0. The highest BCUT2D eigenvalue weighted by molar-refractivity contribution is 7.47. The van der Waals surface area contributed by atoms with Crippen molar-refractivity contribution in [1.82, 2.24) is 5.32 Å². The van der Waals surface area contributed by atoms with Crippen LogP contribution >= 0.6 is 7.82 Å². The quantitative estimate of drug-likeness (QED) is 0.0156. The molecule has 2 N–H and O–H groups in total. The van der Waals surface area contributed by atoms with E-state index in [4.69, 9.17) is 13.8 Å². The van der Waals surface area contributed by atoms with Crippen molar-refractivity contribution in [2.75, 3.05) is 40.9 Å². The molecule has 1 amide bonds. The Kier molecular flexibility index (Phi) is 42.1. The number of allylic oxidation sites excluding steroid dienone is 13. The Morgan fingerprint density at radius 1 is 0.578 bits per heavy atom. The lowest BCUT2D eigenvalue weighted by molar-refractivity contribution is -0.870. The molecule has 0 aromatic heterocycles. The first-order valence-corrected chi connectivity index (χ1v) is 26.9. The third-order valence-corrected chi connectivity index (χ3v) is 11.6. The third-order valence-electron chi connectivity index (χ3n) is 10.6. The topological polar surface area (TPSA) is 111 Å². The van der Waals surface area contributed by atoms with Crippen LogP contribution in [0.1, 0.15) is 194 Å². The molecule has 0 fully saturated rings. The summed E-state index contributed by atoms with van der Waals surface area (Å²) in [5.74, 6) is -0.565. The maximum Gasteiger partial charge on any atom is 0.472 e. The Morgan fingerprint density at radius 3 is 1.67 bits per heavy atom. The average molecular weight is 916 g/mol. The van der Waals surface area contributed by atoms with Crippen LogP contribution in [-0.4, -0.2) is 74.3 Å². The van der Waals surface area contributed by atoms with E-state index in [0.717, 1.165) is 109 Å². The van der Waals surface area contributed by atoms with Gasteiger partial charge in [-0.3, -0.25) is 18.6 Å². The Hall–Kier alpha value is -2.81. The van der Waals surface area contributed by atoms with Crippen molar-refractivity contribution in [2.24, 2.45) is 0 Å². The standard InChI is InChI=1S/C54H95N2O7P/c1-7-10-13-16-19-22-25-27-29-32-35-38-41-44-47-54(58)63-52(45-42-39-36-33-30-24-21-18-15-12-9-3)51(50-62-64(59,60)61-49-48-56(4,5)6)55-53(57)46-43-40-37-34-31-28-26-23-20-17-14-11-8-2/h10-11,13-14,17,19-20,22-23,26-27,29,42,45,51-52H,7-9,12,15-16,18,21,24-25,28,30-41,43-44,46-50H2,1-6H3,(H-,55,57,59,60)/p+1/b13-10+,14-11+,20-17+,22-19+,26-23-,29-27+,45-42+. The minimum atomic E-state index is -4.45. The second-order valence-electron chi connectivity index (χ2n) is 18.0. The van der Waals surface area contributed by atoms with E-state index >= 15 is 0 Å². The predicted octanol–water partition coefficient (Wildman–Crippen LogP) is 14.7. The lowest BCUT2D eigenvalue weighted by atomic mass is 10.1. The van der Waals surface area contributed by atoms with Crippen LogP contribution in [0.25, 0.3) is 0 Å². The number of amides is 1. The first kappa shape index (κ1) is 61.2. The molecule has 0 aromatic rings. The highest BCUT2D eigenvalue weighted by atomic mass is 31.2. The number of ether oxygens (including phenoxy) is 1. The first-order valence-electron chi connectivity index (χ1n) is 25.4. The molecule has 64 heavy (non-hydrogen) atoms. The number of rotatable bonds is 44. The minimum absolute atomic E-state index is 0.0279. The molecule has 3 unspecified atom stereocenters. The van der Waals surface area contributed by atoms with Crippen LogP contribution in [0.2, 0.25) is 0 Å². The van der Waals surface area contributed by atoms with Gasteiger partial charge in [0.25, 0.3) is 0 Å². The Morgan fingerprint density at radius 2 is 1.08 bits per heavy atom. The molecule has 0 rings (SSSR count). The van der Waals surface area contributed by atoms with Gasteiger partial charge in [-0.2, -0.15) is 0 Å². The average Bonchev–Trinajstić information content (AvgIpc) is 3.25. The molecule has 0 aromatic carbocycles. The summed E-state index contributed by atoms with van der Waals surface area (Å²) in [6.45, 7) is 6.69. The van der Waals surface area contributed by atoms with Gasteiger partial charge in [0.05, 0.1) is 33.8 Å². The van der Waals surface area contributed by atoms with E-state index in [1.807, 2.05) is 39.4 Å². The maximum atomic E-state index is 13.4. The number of nitrogens with one attached hydrogen (secondary N) is 1. The maximum absolute atomic E-state index is 13.4. The zero-order valence-electron chi connectivity index (χ0n) is 41.7. The number of esters is 1. The van der Waals surface area contributed by atoms with Crippen LogP contribution in [0.3, 0.4) is 0 Å². The van der Waals surface area contributed by atoms with Crippen molar-refractivity contribution >= 4 is 19.7 Å². The van der Waals surface area contributed by atoms with Crippen LogP contribution in [0.5, 0.6) is 0 Å². The van der Waals surface area contributed by atoms with E-state index in [9.17, 15) is 19.0 Å². The molecule has 0 saturated carbocycles. The third kappa shape index (κ3) is 44.4. The molecule has 368 valence electrons. The molecule has 0 spiro atoms. The van der Waals surface area contributed by atoms with Gasteiger partial charge in [-0.25, -0.2) is 4.57 Å². The van der Waals surface area contributed by atoms with Gasteiger partial charge in [-0.1, -0.05) is 183 Å². The van der Waals surface area contributed by atoms with Crippen LogP contribution in [0.15, 0.2) is 85.1 Å². The van der Waals surface area contributed by atoms with Crippen molar-refractivity contribution in [3.63, 3.8) is 0 Å². The van der Waals surface area contributed by atoms with Gasteiger partial charge in [0.2, 0.25) is 5.91 Å². The smallest absolute Gasteiger partial charge is 0.456 e. The van der Waals surface area contributed by atoms with Gasteiger partial charge in [0.1, 0.15) is 19.3 Å². The second-order valence-corrected chi connectivity index (χ2v) is 19.4. The highest BCUT2D eigenvalue weighted by Crippen LogP contribution is 2.43. The number of unbranched alkanes of at least 4 members (excludes halogenated alkanes) is 18. The molecule has 0 heterocycles. The summed E-state index contributed by atoms with van der Waals surface area (Å²) >= 11 is 0. The molecule has 3 atom stereocenters. The number of likely N-dealkylation sites (N-methyl/N-ethyl adjacent to an activating group) is 1. The van der Waals surface area contributed by atoms with Crippen LogP contribution in [-0.2, 0) is 27.9 Å². The summed E-state index contributed by atoms with van der Waals surface area (Å²) in [6, 6.07) is -0.869. The highest BCUT2D eigenvalue weighted by Gasteiger charge is 2.30. The number of nitrogens with zero attached hydrogens (tertiary/aromatic N) is 1. The summed E-state index contributed by atoms with van der Waals surface area (Å²) in [5.41, 5.74) is 0. The number of hydrogen-bond donors (Lipinski definition) is 2. The SMILES string of the molecule is CC/C=C/C=C/C=C\CCCCCCCC(=O)NC(COP(=O)(O)OCC[N+](C)(C)C)C(/C=C/CCCCCCCCCCC)OC(=O)CCCCCC/C=C/C/C=C/C/C=C/CC. The molecule has 0 saturated heterocycles. The van der Waals surface area contributed by atoms with Crippen LogP contribution in [0, 0.1) is 0 Å². The molecule has 9 nitrogen and oxygen atoms in total. The lowest BCUT2D eigenvalue weighted by Gasteiger charge is -2.27. The summed E-state index contributed by atoms with van der Waals surface area (Å²) in [4.78, 5) is 37.4. The van der Waals surface area contributed by atoms with E-state index in [0.29, 0.717) is 23.9 Å². The molecular formula is C54H96N2O7P+. The number of quaternary nitrogens is 1. The van der Waals surface area contributed by atoms with Gasteiger partial charge in [-0.15, -0.1) is 0 Å². The van der Waals surface area contributed by atoms with E-state index in [1.54, 1.807) is 0 Å². The van der Waals surface area contributed by atoms with Crippen molar-refractivity contribution in [3.8, 4) is 0 Å². The summed E-state index contributed by atoms with van der Waals surface area (Å²) in [5, 5.41) is 3.01. The zero-order valence-corrected chi connectivity index (χ0v) is 42.6. The molecule has 0 radical (unpaired) electrons. The van der Waals surface area contributed by atoms with Gasteiger partial charge in [0, 0.05) is 12.8 Å². The monoisotopic (exact) mass is 916 g/mol. The number of carbonyl (C=O) groups is 2. The van der Waals surface area contributed by atoms with Gasteiger partial charge in [0.15, 0.2) is 0 Å². The molecule has 0 aliphatic heterocycles. The molecular weight excluding hydrogens is 820 g/mol. The lowest BCUT2D eigenvalue weighted by Crippen LogP contribution is -2.47. The molecule has 10 heteroatoms. The summed E-state index contributed by atoms with van der Waals surface area (Å²) < 4.78 is 30.4. The van der Waals surface area contributed by atoms with Crippen molar-refractivity contribution < 1.29 is 37.3 Å². The molecule has 0 aliphatic carbocycles. The Balaban J connectivity index is 5.51. The summed E-state index contributed by atoms with van der Waals surface area (Å²) in [7, 11) is 1.45.